The molecule has 0 aliphatic heterocycles. The van der Waals surface area contributed by atoms with Crippen LogP contribution in [0.2, 0.25) is 0 Å². The van der Waals surface area contributed by atoms with Gasteiger partial charge in [0.15, 0.2) is 0 Å². The normalized spacial score (nSPS) is 11.7. The van der Waals surface area contributed by atoms with Gasteiger partial charge in [-0.3, -0.25) is 9.89 Å². The fourth-order valence-electron chi connectivity index (χ4n) is 5.60. The lowest BCUT2D eigenvalue weighted by Gasteiger charge is -2.19. The van der Waals surface area contributed by atoms with E-state index in [1.54, 1.807) is 105 Å². The van der Waals surface area contributed by atoms with Gasteiger partial charge < -0.3 is 20.1 Å². The van der Waals surface area contributed by atoms with Crippen LogP contribution in [-0.2, 0) is 42.2 Å². The SMILES string of the molecule is CN(C)C=NCc1cccc2cc(S(=O)(=O)c3ccccc3)ccc12.COC(OC)N(C)C.NCc1cccc2cc(S(=O)(=O)c3ccccc3)ccc12. The van der Waals surface area contributed by atoms with Gasteiger partial charge in [0.2, 0.25) is 26.1 Å². The van der Waals surface area contributed by atoms with Gasteiger partial charge in [0.25, 0.3) is 0 Å². The third-order valence-corrected chi connectivity index (χ3v) is 11.8. The second kappa shape index (κ2) is 19.4. The molecule has 0 amide bonds. The third kappa shape index (κ3) is 10.6. The monoisotopic (exact) mass is 768 g/mol. The Hall–Kier alpha value is -4.95. The van der Waals surface area contributed by atoms with Crippen molar-refractivity contribution in [1.82, 2.24) is 9.80 Å². The van der Waals surface area contributed by atoms with Crippen LogP contribution in [0, 0.1) is 0 Å². The fourth-order valence-corrected chi connectivity index (χ4v) is 8.23. The molecule has 0 atom stereocenters. The van der Waals surface area contributed by atoms with Gasteiger partial charge in [-0.05, 0) is 95.3 Å². The van der Waals surface area contributed by atoms with Gasteiger partial charge in [-0.2, -0.15) is 0 Å². The first kappa shape index (κ1) is 41.8. The van der Waals surface area contributed by atoms with Gasteiger partial charge in [0.1, 0.15) is 0 Å². The Kier molecular flexibility index (Phi) is 15.0. The molecule has 284 valence electrons. The van der Waals surface area contributed by atoms with E-state index >= 15 is 0 Å². The first-order valence-corrected chi connectivity index (χ1v) is 20.0. The maximum absolute atomic E-state index is 12.8. The number of hydrogen-bond acceptors (Lipinski definition) is 9. The zero-order valence-corrected chi connectivity index (χ0v) is 33.1. The average Bonchev–Trinajstić information content (AvgIpc) is 3.18. The molecule has 0 heterocycles. The summed E-state index contributed by atoms with van der Waals surface area (Å²) in [4.78, 5) is 9.33. The van der Waals surface area contributed by atoms with E-state index in [1.165, 1.54) is 0 Å². The predicted octanol–water partition coefficient (Wildman–Crippen LogP) is 7.02. The summed E-state index contributed by atoms with van der Waals surface area (Å²) < 4.78 is 60.5. The summed E-state index contributed by atoms with van der Waals surface area (Å²) in [6.07, 6.45) is 1.56. The summed E-state index contributed by atoms with van der Waals surface area (Å²) in [6, 6.07) is 39.0. The molecule has 6 aromatic carbocycles. The molecule has 0 saturated carbocycles. The van der Waals surface area contributed by atoms with Crippen LogP contribution in [-0.4, -0.2) is 81.8 Å². The standard InChI is InChI=1S/C20H20N2O2S.C17H15NO2S.C5H13NO2/c1-22(2)15-21-14-17-8-6-7-16-13-19(11-12-20(16)17)25(23,24)18-9-4-3-5-10-18;18-12-14-6-4-5-13-11-16(9-10-17(13)14)21(19,20)15-7-2-1-3-8-15;1-6(2)5(7-3)8-4/h3-13,15H,14H2,1-2H3;1-11H,12,18H2;5H,1-4H3. The Morgan fingerprint density at radius 1 is 0.593 bits per heavy atom. The van der Waals surface area contributed by atoms with Crippen LogP contribution in [0.5, 0.6) is 0 Å². The smallest absolute Gasteiger partial charge is 0.217 e. The molecule has 0 fully saturated rings. The molecule has 2 N–H and O–H groups in total. The number of nitrogens with two attached hydrogens (primary N) is 1. The van der Waals surface area contributed by atoms with E-state index in [1.807, 2.05) is 86.5 Å². The highest BCUT2D eigenvalue weighted by atomic mass is 32.2. The minimum Gasteiger partial charge on any atom is -0.369 e. The van der Waals surface area contributed by atoms with Crippen LogP contribution in [0.15, 0.2) is 158 Å². The van der Waals surface area contributed by atoms with E-state index < -0.39 is 19.7 Å². The van der Waals surface area contributed by atoms with Crippen LogP contribution >= 0.6 is 0 Å². The Bertz CT molecular complexity index is 2370. The maximum atomic E-state index is 12.8. The molecule has 0 aromatic heterocycles. The summed E-state index contributed by atoms with van der Waals surface area (Å²) in [7, 11) is 3.84. The van der Waals surface area contributed by atoms with Crippen LogP contribution in [0.25, 0.3) is 21.5 Å². The number of hydrogen-bond donors (Lipinski definition) is 1. The third-order valence-electron chi connectivity index (χ3n) is 8.23. The van der Waals surface area contributed by atoms with Crippen molar-refractivity contribution >= 4 is 47.6 Å². The quantitative estimate of drug-likeness (QED) is 0.0840. The zero-order chi connectivity index (χ0) is 39.3. The first-order chi connectivity index (χ1) is 25.8. The van der Waals surface area contributed by atoms with Gasteiger partial charge in [-0.1, -0.05) is 84.9 Å². The number of ether oxygens (including phenoxy) is 2. The Morgan fingerprint density at radius 2 is 1.04 bits per heavy atom. The summed E-state index contributed by atoms with van der Waals surface area (Å²) >= 11 is 0. The van der Waals surface area contributed by atoms with E-state index in [0.29, 0.717) is 32.7 Å². The minimum atomic E-state index is -3.51. The highest BCUT2D eigenvalue weighted by Gasteiger charge is 2.19. The molecule has 6 rings (SSSR count). The van der Waals surface area contributed by atoms with E-state index in [-0.39, 0.29) is 6.41 Å². The molecule has 54 heavy (non-hydrogen) atoms. The summed E-state index contributed by atoms with van der Waals surface area (Å²) in [5.74, 6) is 0. The van der Waals surface area contributed by atoms with Crippen molar-refractivity contribution < 1.29 is 26.3 Å². The fraction of sp³-hybridized carbons (Fsp3) is 0.214. The van der Waals surface area contributed by atoms with Crippen LogP contribution in [0.1, 0.15) is 11.1 Å². The molecule has 12 heteroatoms. The highest BCUT2D eigenvalue weighted by molar-refractivity contribution is 7.91. The first-order valence-electron chi connectivity index (χ1n) is 17.1. The van der Waals surface area contributed by atoms with Gasteiger partial charge in [-0.25, -0.2) is 16.8 Å². The van der Waals surface area contributed by atoms with Gasteiger partial charge in [-0.15, -0.1) is 0 Å². The van der Waals surface area contributed by atoms with Crippen LogP contribution in [0.4, 0.5) is 0 Å². The summed E-state index contributed by atoms with van der Waals surface area (Å²) in [5.41, 5.74) is 7.79. The molecule has 0 bridgehead atoms. The number of nitrogens with zero attached hydrogens (tertiary/aromatic N) is 3. The summed E-state index contributed by atoms with van der Waals surface area (Å²) in [6.45, 7) is 0.989. The Morgan fingerprint density at radius 3 is 1.43 bits per heavy atom. The van der Waals surface area contributed by atoms with Crippen molar-refractivity contribution in [3.63, 3.8) is 0 Å². The number of aliphatic imine (C=N–C) groups is 1. The van der Waals surface area contributed by atoms with E-state index in [0.717, 1.165) is 32.7 Å². The van der Waals surface area contributed by atoms with Crippen molar-refractivity contribution in [3.05, 3.63) is 145 Å². The molecule has 0 spiro atoms. The molecule has 10 nitrogen and oxygen atoms in total. The van der Waals surface area contributed by atoms with Crippen molar-refractivity contribution in [1.29, 1.82) is 0 Å². The van der Waals surface area contributed by atoms with Crippen molar-refractivity contribution in [3.8, 4) is 0 Å². The van der Waals surface area contributed by atoms with E-state index in [4.69, 9.17) is 15.2 Å². The van der Waals surface area contributed by atoms with E-state index in [2.05, 4.69) is 4.99 Å². The predicted molar refractivity (Wildman–Crippen MR) is 217 cm³/mol. The summed E-state index contributed by atoms with van der Waals surface area (Å²) in [5, 5.41) is 3.79. The molecule has 6 aromatic rings. The number of benzene rings is 6. The average molecular weight is 769 g/mol. The van der Waals surface area contributed by atoms with Crippen molar-refractivity contribution in [2.45, 2.75) is 39.1 Å². The lowest BCUT2D eigenvalue weighted by Crippen LogP contribution is -2.30. The van der Waals surface area contributed by atoms with E-state index in [9.17, 15) is 16.8 Å². The zero-order valence-electron chi connectivity index (χ0n) is 31.5. The highest BCUT2D eigenvalue weighted by Crippen LogP contribution is 2.28. The Balaban J connectivity index is 0.000000203. The molecule has 0 aliphatic rings. The number of sulfone groups is 2. The minimum absolute atomic E-state index is 0.213. The molecular formula is C42H48N4O6S2. The maximum Gasteiger partial charge on any atom is 0.217 e. The number of fused-ring (bicyclic) bond motifs is 2. The second-order valence-corrected chi connectivity index (χ2v) is 16.5. The largest absolute Gasteiger partial charge is 0.369 e. The van der Waals surface area contributed by atoms with Crippen LogP contribution < -0.4 is 5.73 Å². The lowest BCUT2D eigenvalue weighted by molar-refractivity contribution is -0.179. The topological polar surface area (TPSA) is 132 Å². The second-order valence-electron chi connectivity index (χ2n) is 12.6. The Labute approximate surface area is 319 Å². The van der Waals surface area contributed by atoms with Gasteiger partial charge >= 0.3 is 0 Å². The van der Waals surface area contributed by atoms with Gasteiger partial charge in [0.05, 0.1) is 32.5 Å². The molecule has 0 radical (unpaired) electrons. The van der Waals surface area contributed by atoms with Crippen molar-refractivity contribution in [2.24, 2.45) is 10.7 Å². The van der Waals surface area contributed by atoms with Crippen LogP contribution in [0.3, 0.4) is 0 Å². The number of rotatable bonds is 11. The molecular weight excluding hydrogens is 721 g/mol. The van der Waals surface area contributed by atoms with Crippen molar-refractivity contribution in [2.75, 3.05) is 42.4 Å². The number of methoxy groups -OCH3 is 2. The van der Waals surface area contributed by atoms with Gasteiger partial charge in [0, 0.05) is 34.9 Å². The molecule has 0 unspecified atom stereocenters. The molecule has 0 aliphatic carbocycles. The molecule has 0 saturated heterocycles. The lowest BCUT2D eigenvalue weighted by atomic mass is 10.0.